The van der Waals surface area contributed by atoms with Crippen LogP contribution < -0.4 is 21.5 Å². The summed E-state index contributed by atoms with van der Waals surface area (Å²) in [5.74, 6) is -0.700. The van der Waals surface area contributed by atoms with Crippen molar-refractivity contribution >= 4 is 38.7 Å². The smallest absolute Gasteiger partial charge is 0.269 e. The van der Waals surface area contributed by atoms with E-state index in [0.717, 1.165) is 20.6 Å². The minimum absolute atomic E-state index is 0.0543. The van der Waals surface area contributed by atoms with Crippen LogP contribution in [0.25, 0.3) is 0 Å². The Hall–Kier alpha value is -2.14. The number of aromatic hydroxyl groups is 1. The summed E-state index contributed by atoms with van der Waals surface area (Å²) < 4.78 is 25.5. The molecule has 9 nitrogen and oxygen atoms in total. The highest BCUT2D eigenvalue weighted by Gasteiger charge is 2.30. The molecule has 0 saturated carbocycles. The molecule has 3 N–H and O–H groups in total. The predicted octanol–water partition coefficient (Wildman–Crippen LogP) is 1.78. The van der Waals surface area contributed by atoms with Crippen LogP contribution in [0.4, 0.5) is 17.1 Å². The van der Waals surface area contributed by atoms with Crippen molar-refractivity contribution < 1.29 is 18.4 Å². The van der Waals surface area contributed by atoms with Crippen LogP contribution in [-0.4, -0.2) is 38.2 Å². The van der Waals surface area contributed by atoms with E-state index in [4.69, 9.17) is 11.6 Å². The van der Waals surface area contributed by atoms with E-state index in [0.29, 0.717) is 4.47 Å². The number of phenols is 1. The molecular formula is C16H20ClN3O6S. The third kappa shape index (κ3) is 3.79. The number of anilines is 3. The van der Waals surface area contributed by atoms with Gasteiger partial charge in [0.15, 0.2) is 5.75 Å². The van der Waals surface area contributed by atoms with E-state index in [1.165, 1.54) is 12.1 Å². The zero-order chi connectivity index (χ0) is 20.5. The molecule has 2 aromatic carbocycles. The largest absolute Gasteiger partial charge is 0.504 e. The van der Waals surface area contributed by atoms with Gasteiger partial charge in [0.1, 0.15) is 16.3 Å². The Morgan fingerprint density at radius 1 is 1.26 bits per heavy atom. The van der Waals surface area contributed by atoms with Crippen LogP contribution in [0.1, 0.15) is 20.3 Å². The first-order valence-corrected chi connectivity index (χ1v) is 9.79. The first-order chi connectivity index (χ1) is 12.6. The lowest BCUT2D eigenvalue weighted by molar-refractivity contribution is -0.0259. The van der Waals surface area contributed by atoms with Crippen molar-refractivity contribution in [3.8, 4) is 5.75 Å². The second-order valence-electron chi connectivity index (χ2n) is 5.86. The van der Waals surface area contributed by atoms with Crippen LogP contribution in [0.2, 0.25) is 5.02 Å². The molecule has 0 saturated heterocycles. The predicted molar refractivity (Wildman–Crippen MR) is 103 cm³/mol. The Bertz CT molecular complexity index is 1030. The highest BCUT2D eigenvalue weighted by molar-refractivity contribution is 7.89. The van der Waals surface area contributed by atoms with Crippen molar-refractivity contribution in [1.82, 2.24) is 4.47 Å². The number of halogens is 1. The number of rotatable bonds is 8. The molecule has 0 fully saturated rings. The third-order valence-electron chi connectivity index (χ3n) is 4.11. The van der Waals surface area contributed by atoms with Gasteiger partial charge >= 0.3 is 0 Å². The fourth-order valence-corrected chi connectivity index (χ4v) is 3.82. The van der Waals surface area contributed by atoms with Crippen LogP contribution >= 0.6 is 11.6 Å². The standard InChI is InChI=1S/C16H20ClN3O6S/c1-5-8(2)18-11-12(15(23)14(11)22)19-10-7-6-9(17)16(13(10)21)27(24,25)20(3)26-4/h6-8,18-19,21H,5H2,1-4H3. The van der Waals surface area contributed by atoms with E-state index >= 15 is 0 Å². The highest BCUT2D eigenvalue weighted by Crippen LogP contribution is 2.39. The van der Waals surface area contributed by atoms with Crippen molar-refractivity contribution in [1.29, 1.82) is 0 Å². The van der Waals surface area contributed by atoms with Crippen LogP contribution in [-0.2, 0) is 14.9 Å². The Balaban J connectivity index is 2.50. The Kier molecular flexibility index (Phi) is 6.15. The molecule has 1 unspecified atom stereocenters. The summed E-state index contributed by atoms with van der Waals surface area (Å²) in [4.78, 5) is 27.8. The third-order valence-corrected chi connectivity index (χ3v) is 6.29. The quantitative estimate of drug-likeness (QED) is 0.337. The monoisotopic (exact) mass is 417 g/mol. The first kappa shape index (κ1) is 21.2. The number of hydrogen-bond donors (Lipinski definition) is 3. The number of nitrogens with zero attached hydrogens (tertiary/aromatic N) is 1. The number of hydroxylamine groups is 1. The van der Waals surface area contributed by atoms with Crippen LogP contribution in [0.5, 0.6) is 5.75 Å². The van der Waals surface area contributed by atoms with Gasteiger partial charge in [-0.05, 0) is 25.5 Å². The molecule has 0 amide bonds. The molecule has 0 radical (unpaired) electrons. The van der Waals surface area contributed by atoms with E-state index in [1.807, 2.05) is 13.8 Å². The number of phenolic OH excluding ortho intramolecular Hbond substituents is 1. The maximum absolute atomic E-state index is 12.5. The summed E-state index contributed by atoms with van der Waals surface area (Å²) in [5, 5.41) is 15.7. The number of hydrogen-bond acceptors (Lipinski definition) is 8. The molecule has 148 valence electrons. The lowest BCUT2D eigenvalue weighted by Gasteiger charge is -2.20. The molecule has 1 atom stereocenters. The van der Waals surface area contributed by atoms with Gasteiger partial charge in [-0.1, -0.05) is 23.0 Å². The molecule has 2 rings (SSSR count). The maximum Gasteiger partial charge on any atom is 0.269 e. The lowest BCUT2D eigenvalue weighted by Crippen LogP contribution is -2.38. The molecule has 0 aliphatic rings. The molecule has 0 heterocycles. The minimum Gasteiger partial charge on any atom is -0.504 e. The fraction of sp³-hybridized carbons (Fsp3) is 0.375. The van der Waals surface area contributed by atoms with Crippen molar-refractivity contribution in [2.45, 2.75) is 31.2 Å². The summed E-state index contributed by atoms with van der Waals surface area (Å²) in [6, 6.07) is 2.49. The lowest BCUT2D eigenvalue weighted by atomic mass is 10.1. The van der Waals surface area contributed by atoms with E-state index in [-0.39, 0.29) is 28.1 Å². The summed E-state index contributed by atoms with van der Waals surface area (Å²) >= 11 is 5.95. The zero-order valence-electron chi connectivity index (χ0n) is 15.2. The van der Waals surface area contributed by atoms with Crippen LogP contribution in [0.3, 0.4) is 0 Å². The van der Waals surface area contributed by atoms with Gasteiger partial charge in [0.2, 0.25) is 0 Å². The molecular weight excluding hydrogens is 398 g/mol. The molecule has 0 aromatic heterocycles. The van der Waals surface area contributed by atoms with Gasteiger partial charge in [-0.2, -0.15) is 0 Å². The zero-order valence-corrected chi connectivity index (χ0v) is 16.7. The van der Waals surface area contributed by atoms with Crippen LogP contribution in [0, 0.1) is 0 Å². The Labute approximate surface area is 161 Å². The first-order valence-electron chi connectivity index (χ1n) is 7.97. The number of sulfonamides is 1. The molecule has 0 aliphatic heterocycles. The summed E-state index contributed by atoms with van der Waals surface area (Å²) in [6.45, 7) is 3.75. The second kappa shape index (κ2) is 7.85. The van der Waals surface area contributed by atoms with Gasteiger partial charge in [-0.15, -0.1) is 0 Å². The van der Waals surface area contributed by atoms with E-state index in [9.17, 15) is 23.1 Å². The second-order valence-corrected chi connectivity index (χ2v) is 8.14. The SMILES string of the molecule is CCC(C)Nc1c(Nc2ccc(Cl)c(S(=O)(=O)N(C)OC)c2O)c(=O)c1=O. The Morgan fingerprint density at radius 3 is 2.41 bits per heavy atom. The van der Waals surface area contributed by atoms with Gasteiger partial charge in [-0.3, -0.25) is 14.4 Å². The van der Waals surface area contributed by atoms with Gasteiger partial charge in [0, 0.05) is 13.1 Å². The topological polar surface area (TPSA) is 125 Å². The van der Waals surface area contributed by atoms with E-state index in [1.54, 1.807) is 0 Å². The molecule has 0 bridgehead atoms. The highest BCUT2D eigenvalue weighted by atomic mass is 35.5. The normalized spacial score (nSPS) is 13.1. The summed E-state index contributed by atoms with van der Waals surface area (Å²) in [7, 11) is -1.98. The van der Waals surface area contributed by atoms with Gasteiger partial charge in [-0.25, -0.2) is 8.42 Å². The van der Waals surface area contributed by atoms with E-state index in [2.05, 4.69) is 15.5 Å². The average Bonchev–Trinajstić information content (AvgIpc) is 2.64. The molecule has 11 heteroatoms. The fourth-order valence-electron chi connectivity index (χ4n) is 2.25. The summed E-state index contributed by atoms with van der Waals surface area (Å²) in [6.07, 6.45) is 0.718. The van der Waals surface area contributed by atoms with Crippen molar-refractivity contribution in [2.75, 3.05) is 24.8 Å². The van der Waals surface area contributed by atoms with Gasteiger partial charge in [0.05, 0.1) is 17.8 Å². The van der Waals surface area contributed by atoms with Gasteiger partial charge < -0.3 is 15.7 Å². The summed E-state index contributed by atoms with van der Waals surface area (Å²) in [5.41, 5.74) is -1.52. The van der Waals surface area contributed by atoms with Crippen LogP contribution in [0.15, 0.2) is 26.6 Å². The van der Waals surface area contributed by atoms with Crippen molar-refractivity contribution in [3.05, 3.63) is 37.6 Å². The van der Waals surface area contributed by atoms with E-state index < -0.39 is 31.5 Å². The molecule has 0 spiro atoms. The number of nitrogens with one attached hydrogen (secondary N) is 2. The molecule has 2 aromatic rings. The maximum atomic E-state index is 12.5. The molecule has 0 aliphatic carbocycles. The number of benzene rings is 1. The average molecular weight is 418 g/mol. The Morgan fingerprint density at radius 2 is 1.85 bits per heavy atom. The van der Waals surface area contributed by atoms with Crippen molar-refractivity contribution in [2.24, 2.45) is 0 Å². The van der Waals surface area contributed by atoms with Crippen molar-refractivity contribution in [3.63, 3.8) is 0 Å². The molecule has 27 heavy (non-hydrogen) atoms. The van der Waals surface area contributed by atoms with Gasteiger partial charge in [0.25, 0.3) is 20.9 Å². The minimum atomic E-state index is -4.25.